The van der Waals surface area contributed by atoms with Crippen LogP contribution in [0.2, 0.25) is 0 Å². The molecule has 0 saturated carbocycles. The first kappa shape index (κ1) is 11.1. The van der Waals surface area contributed by atoms with Crippen molar-refractivity contribution in [2.45, 2.75) is 26.4 Å². The van der Waals surface area contributed by atoms with Gasteiger partial charge in [0.15, 0.2) is 0 Å². The molecule has 0 bridgehead atoms. The number of hydrogen-bond acceptors (Lipinski definition) is 4. The van der Waals surface area contributed by atoms with E-state index in [2.05, 4.69) is 6.07 Å². The van der Waals surface area contributed by atoms with E-state index in [1.54, 1.807) is 0 Å². The molecular weight excluding hydrogens is 184 g/mol. The lowest BCUT2D eigenvalue weighted by Gasteiger charge is -2.13. The Bertz CT molecular complexity index is 278. The Balaban J connectivity index is 3.28. The lowest BCUT2D eigenvalue weighted by molar-refractivity contribution is 0.239. The molecule has 0 aliphatic carbocycles. The van der Waals surface area contributed by atoms with Crippen LogP contribution < -0.4 is 0 Å². The van der Waals surface area contributed by atoms with Gasteiger partial charge in [-0.05, 0) is 34.4 Å². The van der Waals surface area contributed by atoms with E-state index in [1.165, 1.54) is 6.07 Å². The first-order chi connectivity index (χ1) is 6.78. The number of benzene rings is 1. The van der Waals surface area contributed by atoms with Gasteiger partial charge in [-0.15, -0.1) is 0 Å². The molecular formula is C10H13O4. The van der Waals surface area contributed by atoms with Gasteiger partial charge in [0, 0.05) is 0 Å². The average Bonchev–Trinajstić information content (AvgIpc) is 2.26. The molecule has 0 saturated heterocycles. The third-order valence-electron chi connectivity index (χ3n) is 2.18. The lowest BCUT2D eigenvalue weighted by atomic mass is 9.97. The average molecular weight is 197 g/mol. The second-order valence-corrected chi connectivity index (χ2v) is 2.88. The molecule has 1 rings (SSSR count). The van der Waals surface area contributed by atoms with Gasteiger partial charge in [0.1, 0.15) is 0 Å². The van der Waals surface area contributed by atoms with E-state index in [9.17, 15) is 0 Å². The summed E-state index contributed by atoms with van der Waals surface area (Å²) in [6.07, 6.45) is 0. The topological polar surface area (TPSA) is 80.9 Å². The fraction of sp³-hybridized carbons (Fsp3) is 0.400. The van der Waals surface area contributed by atoms with Gasteiger partial charge in [-0.2, -0.15) is 0 Å². The normalized spacial score (nSPS) is 10.6. The van der Waals surface area contributed by atoms with Crippen LogP contribution in [-0.2, 0) is 26.4 Å². The van der Waals surface area contributed by atoms with Crippen LogP contribution in [0, 0.1) is 6.07 Å². The molecule has 0 aliphatic rings. The van der Waals surface area contributed by atoms with Crippen molar-refractivity contribution in [2.75, 3.05) is 0 Å². The molecule has 1 aromatic carbocycles. The van der Waals surface area contributed by atoms with E-state index in [0.717, 1.165) is 0 Å². The van der Waals surface area contributed by atoms with E-state index < -0.39 is 0 Å². The van der Waals surface area contributed by atoms with Crippen LogP contribution >= 0.6 is 0 Å². The van der Waals surface area contributed by atoms with Crippen molar-refractivity contribution in [1.82, 2.24) is 0 Å². The summed E-state index contributed by atoms with van der Waals surface area (Å²) in [4.78, 5) is 0. The fourth-order valence-electron chi connectivity index (χ4n) is 1.39. The summed E-state index contributed by atoms with van der Waals surface area (Å²) in [7, 11) is 0. The Morgan fingerprint density at radius 3 is 1.93 bits per heavy atom. The molecule has 0 spiro atoms. The van der Waals surface area contributed by atoms with Crippen LogP contribution in [0.1, 0.15) is 22.3 Å². The molecule has 0 aliphatic heterocycles. The highest BCUT2D eigenvalue weighted by Crippen LogP contribution is 2.19. The summed E-state index contributed by atoms with van der Waals surface area (Å²) in [6, 6.07) is 4.26. The Labute approximate surface area is 82.1 Å². The van der Waals surface area contributed by atoms with Crippen LogP contribution in [0.25, 0.3) is 0 Å². The molecule has 0 heterocycles. The standard InChI is InChI=1S/C10H13O4/c11-3-7-1-2-8(4-12)10(6-14)9(7)5-13/h1,11-14H,3-6H2. The van der Waals surface area contributed by atoms with Gasteiger partial charge in [-0.25, -0.2) is 0 Å². The maximum atomic E-state index is 9.06. The number of hydrogen-bond donors (Lipinski definition) is 4. The Hall–Kier alpha value is -0.940. The van der Waals surface area contributed by atoms with Crippen LogP contribution in [-0.4, -0.2) is 20.4 Å². The molecule has 14 heavy (non-hydrogen) atoms. The zero-order valence-electron chi connectivity index (χ0n) is 7.69. The van der Waals surface area contributed by atoms with Crippen molar-refractivity contribution >= 4 is 0 Å². The van der Waals surface area contributed by atoms with E-state index in [4.69, 9.17) is 20.4 Å². The van der Waals surface area contributed by atoms with E-state index in [-0.39, 0.29) is 26.4 Å². The summed E-state index contributed by atoms with van der Waals surface area (Å²) in [6.45, 7) is -1.01. The highest BCUT2D eigenvalue weighted by molar-refractivity contribution is 5.39. The molecule has 1 aromatic rings. The maximum Gasteiger partial charge on any atom is 0.0691 e. The zero-order valence-corrected chi connectivity index (χ0v) is 7.69. The largest absolute Gasteiger partial charge is 0.392 e. The molecule has 0 atom stereocenters. The minimum absolute atomic E-state index is 0.217. The van der Waals surface area contributed by atoms with Gasteiger partial charge in [0.2, 0.25) is 0 Å². The fourth-order valence-corrected chi connectivity index (χ4v) is 1.39. The Kier molecular flexibility index (Phi) is 4.03. The minimum atomic E-state index is -0.282. The third kappa shape index (κ3) is 1.93. The molecule has 1 radical (unpaired) electrons. The lowest BCUT2D eigenvalue weighted by Crippen LogP contribution is -2.05. The van der Waals surface area contributed by atoms with Crippen molar-refractivity contribution in [3.8, 4) is 0 Å². The van der Waals surface area contributed by atoms with Crippen LogP contribution in [0.3, 0.4) is 0 Å². The molecule has 0 unspecified atom stereocenters. The van der Waals surface area contributed by atoms with Gasteiger partial charge >= 0.3 is 0 Å². The molecule has 4 N–H and O–H groups in total. The smallest absolute Gasteiger partial charge is 0.0691 e. The summed E-state index contributed by atoms with van der Waals surface area (Å²) < 4.78 is 0. The first-order valence-corrected chi connectivity index (χ1v) is 4.26. The number of rotatable bonds is 4. The third-order valence-corrected chi connectivity index (χ3v) is 2.18. The summed E-state index contributed by atoms with van der Waals surface area (Å²) >= 11 is 0. The predicted octanol–water partition coefficient (Wildman–Crippen LogP) is -0.544. The van der Waals surface area contributed by atoms with Gasteiger partial charge in [-0.1, -0.05) is 0 Å². The monoisotopic (exact) mass is 197 g/mol. The molecule has 0 fully saturated rings. The first-order valence-electron chi connectivity index (χ1n) is 4.26. The zero-order chi connectivity index (χ0) is 10.6. The number of aliphatic hydroxyl groups is 4. The second kappa shape index (κ2) is 5.07. The highest BCUT2D eigenvalue weighted by atomic mass is 16.3. The van der Waals surface area contributed by atoms with Gasteiger partial charge < -0.3 is 20.4 Å². The molecule has 0 amide bonds. The van der Waals surface area contributed by atoms with E-state index in [0.29, 0.717) is 22.3 Å². The predicted molar refractivity (Wildman–Crippen MR) is 49.0 cm³/mol. The summed E-state index contributed by atoms with van der Waals surface area (Å²) in [5.41, 5.74) is 1.89. The SMILES string of the molecule is OCc1[c]cc(CO)c(CO)c1CO. The Morgan fingerprint density at radius 2 is 1.50 bits per heavy atom. The summed E-state index contributed by atoms with van der Waals surface area (Å²) in [5.74, 6) is 0. The number of aliphatic hydroxyl groups excluding tert-OH is 4. The molecule has 4 heteroatoms. The van der Waals surface area contributed by atoms with Crippen molar-refractivity contribution in [3.63, 3.8) is 0 Å². The summed E-state index contributed by atoms with van der Waals surface area (Å²) in [5, 5.41) is 36.0. The van der Waals surface area contributed by atoms with Gasteiger partial charge in [0.25, 0.3) is 0 Å². The molecule has 0 aromatic heterocycles. The second-order valence-electron chi connectivity index (χ2n) is 2.88. The van der Waals surface area contributed by atoms with E-state index >= 15 is 0 Å². The Morgan fingerprint density at radius 1 is 0.857 bits per heavy atom. The molecule has 77 valence electrons. The minimum Gasteiger partial charge on any atom is -0.392 e. The quantitative estimate of drug-likeness (QED) is 0.522. The van der Waals surface area contributed by atoms with Gasteiger partial charge in [0.05, 0.1) is 26.4 Å². The van der Waals surface area contributed by atoms with Crippen LogP contribution in [0.15, 0.2) is 6.07 Å². The van der Waals surface area contributed by atoms with Crippen LogP contribution in [0.4, 0.5) is 0 Å². The maximum absolute atomic E-state index is 9.06. The van der Waals surface area contributed by atoms with Crippen molar-refractivity contribution in [3.05, 3.63) is 34.4 Å². The van der Waals surface area contributed by atoms with Crippen molar-refractivity contribution in [2.24, 2.45) is 0 Å². The van der Waals surface area contributed by atoms with Gasteiger partial charge in [-0.3, -0.25) is 0 Å². The van der Waals surface area contributed by atoms with E-state index in [1.807, 2.05) is 0 Å². The van der Waals surface area contributed by atoms with Crippen molar-refractivity contribution in [1.29, 1.82) is 0 Å². The molecule has 4 nitrogen and oxygen atoms in total. The van der Waals surface area contributed by atoms with Crippen LogP contribution in [0.5, 0.6) is 0 Å². The van der Waals surface area contributed by atoms with Crippen molar-refractivity contribution < 1.29 is 20.4 Å². The highest BCUT2D eigenvalue weighted by Gasteiger charge is 2.10.